The summed E-state index contributed by atoms with van der Waals surface area (Å²) in [5.41, 5.74) is 0. The maximum Gasteiger partial charge on any atom is 0.305 e. The van der Waals surface area contributed by atoms with Crippen LogP contribution in [0.15, 0.2) is 36.5 Å². The molecule has 0 amide bonds. The molecular formula is C17H20O3. The summed E-state index contributed by atoms with van der Waals surface area (Å²) in [6, 6.07) is 0. The van der Waals surface area contributed by atoms with Crippen LogP contribution in [0.3, 0.4) is 0 Å². The number of allylic oxidation sites excluding steroid dienone is 6. The predicted molar refractivity (Wildman–Crippen MR) is 80.8 cm³/mol. The van der Waals surface area contributed by atoms with E-state index in [0.29, 0.717) is 6.42 Å². The van der Waals surface area contributed by atoms with Crippen LogP contribution in [0.4, 0.5) is 0 Å². The van der Waals surface area contributed by atoms with Crippen molar-refractivity contribution in [3.63, 3.8) is 0 Å². The second kappa shape index (κ2) is 13.2. The van der Waals surface area contributed by atoms with E-state index in [4.69, 9.17) is 5.11 Å². The minimum atomic E-state index is -0.966. The molecule has 1 unspecified atom stereocenters. The first-order valence-electron chi connectivity index (χ1n) is 6.50. The Bertz CT molecular complexity index is 476. The van der Waals surface area contributed by atoms with Crippen LogP contribution < -0.4 is 0 Å². The van der Waals surface area contributed by atoms with Crippen LogP contribution in [0.1, 0.15) is 32.6 Å². The summed E-state index contributed by atoms with van der Waals surface area (Å²) in [5.74, 6) is 9.93. The van der Waals surface area contributed by atoms with Gasteiger partial charge in [-0.15, -0.1) is 0 Å². The quantitative estimate of drug-likeness (QED) is 0.425. The van der Waals surface area contributed by atoms with Gasteiger partial charge in [-0.2, -0.15) is 0 Å². The summed E-state index contributed by atoms with van der Waals surface area (Å²) in [6.45, 7) is 1.90. The second-order valence-electron chi connectivity index (χ2n) is 4.01. The van der Waals surface area contributed by atoms with Gasteiger partial charge in [0.2, 0.25) is 0 Å². The molecule has 3 nitrogen and oxygen atoms in total. The third-order valence-electron chi connectivity index (χ3n) is 2.20. The van der Waals surface area contributed by atoms with Gasteiger partial charge in [0.15, 0.2) is 0 Å². The lowest BCUT2D eigenvalue weighted by Gasteiger charge is -2.05. The van der Waals surface area contributed by atoms with Crippen molar-refractivity contribution in [1.29, 1.82) is 0 Å². The van der Waals surface area contributed by atoms with Crippen LogP contribution >= 0.6 is 0 Å². The van der Waals surface area contributed by atoms with Crippen LogP contribution in [0.2, 0.25) is 0 Å². The van der Waals surface area contributed by atoms with Crippen molar-refractivity contribution in [2.24, 2.45) is 0 Å². The maximum atomic E-state index is 10.3. The first kappa shape index (κ1) is 17.8. The van der Waals surface area contributed by atoms with Gasteiger partial charge in [0.05, 0.1) is 12.5 Å². The lowest BCUT2D eigenvalue weighted by Crippen LogP contribution is -2.12. The average molecular weight is 272 g/mol. The summed E-state index contributed by atoms with van der Waals surface area (Å²) in [5, 5.41) is 17.8. The van der Waals surface area contributed by atoms with Gasteiger partial charge in [0.1, 0.15) is 0 Å². The van der Waals surface area contributed by atoms with Gasteiger partial charge in [-0.25, -0.2) is 0 Å². The molecule has 0 aliphatic carbocycles. The summed E-state index contributed by atoms with van der Waals surface area (Å²) in [7, 11) is 0. The molecule has 0 heterocycles. The van der Waals surface area contributed by atoms with Gasteiger partial charge in [0.25, 0.3) is 0 Å². The molecule has 2 N–H and O–H groups in total. The number of carbonyl (C=O) groups is 1. The molecule has 0 spiro atoms. The molecule has 106 valence electrons. The van der Waals surface area contributed by atoms with E-state index in [9.17, 15) is 9.90 Å². The highest BCUT2D eigenvalue weighted by Crippen LogP contribution is 2.05. The van der Waals surface area contributed by atoms with Crippen LogP contribution in [0.5, 0.6) is 0 Å². The molecule has 0 aliphatic rings. The highest BCUT2D eigenvalue weighted by atomic mass is 16.4. The number of aliphatic carboxylic acids is 1. The standard InChI is InChI=1S/C17H20O3/c1-2-3-4-5-6-7-8-9-10-11-12-13-14-16(18)15-17(19)20/h2-3,8-11,16,18H,12-15H2,1H3,(H,19,20). The SMILES string of the molecule is CC=CC#CC#CC=CC=CCCCC(O)CC(=O)O. The zero-order valence-corrected chi connectivity index (χ0v) is 11.7. The lowest BCUT2D eigenvalue weighted by molar-refractivity contribution is -0.139. The molecule has 0 radical (unpaired) electrons. The van der Waals surface area contributed by atoms with E-state index in [1.54, 1.807) is 12.2 Å². The van der Waals surface area contributed by atoms with Crippen molar-refractivity contribution in [2.45, 2.75) is 38.7 Å². The van der Waals surface area contributed by atoms with Crippen LogP contribution in [-0.2, 0) is 4.79 Å². The monoisotopic (exact) mass is 272 g/mol. The molecule has 0 rings (SSSR count). The van der Waals surface area contributed by atoms with Crippen molar-refractivity contribution in [3.8, 4) is 23.7 Å². The van der Waals surface area contributed by atoms with E-state index < -0.39 is 12.1 Å². The Balaban J connectivity index is 3.72. The fraction of sp³-hybridized carbons (Fsp3) is 0.353. The summed E-state index contributed by atoms with van der Waals surface area (Å²) < 4.78 is 0. The molecule has 0 saturated heterocycles. The van der Waals surface area contributed by atoms with Crippen molar-refractivity contribution in [3.05, 3.63) is 36.5 Å². The number of hydrogen-bond donors (Lipinski definition) is 2. The van der Waals surface area contributed by atoms with E-state index in [0.717, 1.165) is 12.8 Å². The van der Waals surface area contributed by atoms with Crippen molar-refractivity contribution in [2.75, 3.05) is 0 Å². The second-order valence-corrected chi connectivity index (χ2v) is 4.01. The number of hydrogen-bond acceptors (Lipinski definition) is 2. The molecule has 0 aromatic rings. The molecule has 20 heavy (non-hydrogen) atoms. The highest BCUT2D eigenvalue weighted by molar-refractivity contribution is 5.67. The number of aliphatic hydroxyl groups is 1. The Hall–Kier alpha value is -2.23. The van der Waals surface area contributed by atoms with Crippen molar-refractivity contribution < 1.29 is 15.0 Å². The zero-order chi connectivity index (χ0) is 15.1. The van der Waals surface area contributed by atoms with Gasteiger partial charge < -0.3 is 10.2 Å². The van der Waals surface area contributed by atoms with Gasteiger partial charge in [0, 0.05) is 0 Å². The smallest absolute Gasteiger partial charge is 0.305 e. The maximum absolute atomic E-state index is 10.3. The molecule has 3 heteroatoms. The average Bonchev–Trinajstić information content (AvgIpc) is 2.39. The Kier molecular flexibility index (Phi) is 11.7. The predicted octanol–water partition coefficient (Wildman–Crippen LogP) is 2.69. The molecular weight excluding hydrogens is 252 g/mol. The van der Waals surface area contributed by atoms with Crippen LogP contribution in [-0.4, -0.2) is 22.3 Å². The number of rotatable bonds is 7. The number of unbranched alkanes of at least 4 members (excludes halogenated alkanes) is 1. The van der Waals surface area contributed by atoms with Gasteiger partial charge in [-0.05, 0) is 50.2 Å². The topological polar surface area (TPSA) is 57.5 Å². The summed E-state index contributed by atoms with van der Waals surface area (Å²) in [6.07, 6.45) is 12.1. The fourth-order valence-electron chi connectivity index (χ4n) is 1.29. The van der Waals surface area contributed by atoms with Crippen molar-refractivity contribution in [1.82, 2.24) is 0 Å². The molecule has 0 aromatic carbocycles. The lowest BCUT2D eigenvalue weighted by atomic mass is 10.1. The number of carboxylic acid groups (broad SMARTS) is 1. The normalized spacial score (nSPS) is 12.1. The van der Waals surface area contributed by atoms with Gasteiger partial charge in [-0.3, -0.25) is 4.79 Å². The number of aliphatic hydroxyl groups excluding tert-OH is 1. The van der Waals surface area contributed by atoms with Crippen LogP contribution in [0.25, 0.3) is 0 Å². The van der Waals surface area contributed by atoms with E-state index in [2.05, 4.69) is 23.7 Å². The molecule has 0 bridgehead atoms. The van der Waals surface area contributed by atoms with E-state index in [1.807, 2.05) is 31.2 Å². The molecule has 0 saturated carbocycles. The highest BCUT2D eigenvalue weighted by Gasteiger charge is 2.07. The first-order valence-corrected chi connectivity index (χ1v) is 6.50. The van der Waals surface area contributed by atoms with Crippen LogP contribution in [0, 0.1) is 23.7 Å². The van der Waals surface area contributed by atoms with E-state index >= 15 is 0 Å². The Labute approximate surface area is 120 Å². The molecule has 1 atom stereocenters. The third kappa shape index (κ3) is 13.8. The zero-order valence-electron chi connectivity index (χ0n) is 11.7. The minimum Gasteiger partial charge on any atom is -0.481 e. The Morgan fingerprint density at radius 2 is 1.90 bits per heavy atom. The van der Waals surface area contributed by atoms with E-state index in [1.165, 1.54) is 0 Å². The fourth-order valence-corrected chi connectivity index (χ4v) is 1.29. The number of carboxylic acids is 1. The minimum absolute atomic E-state index is 0.187. The Morgan fingerprint density at radius 1 is 1.20 bits per heavy atom. The molecule has 0 fully saturated rings. The molecule has 0 aromatic heterocycles. The van der Waals surface area contributed by atoms with Crippen molar-refractivity contribution >= 4 is 5.97 Å². The molecule has 0 aliphatic heterocycles. The summed E-state index contributed by atoms with van der Waals surface area (Å²) in [4.78, 5) is 10.3. The van der Waals surface area contributed by atoms with Gasteiger partial charge >= 0.3 is 5.97 Å². The third-order valence-corrected chi connectivity index (χ3v) is 2.20. The summed E-state index contributed by atoms with van der Waals surface area (Å²) >= 11 is 0. The largest absolute Gasteiger partial charge is 0.481 e. The Morgan fingerprint density at radius 3 is 2.55 bits per heavy atom. The first-order chi connectivity index (χ1) is 9.66. The van der Waals surface area contributed by atoms with Gasteiger partial charge in [-0.1, -0.05) is 36.1 Å². The van der Waals surface area contributed by atoms with E-state index in [-0.39, 0.29) is 6.42 Å².